The van der Waals surface area contributed by atoms with Gasteiger partial charge >= 0.3 is 0 Å². The third-order valence-electron chi connectivity index (χ3n) is 3.42. The fourth-order valence-electron chi connectivity index (χ4n) is 2.14. The lowest BCUT2D eigenvalue weighted by Gasteiger charge is -2.15. The second-order valence-electron chi connectivity index (χ2n) is 5.19. The van der Waals surface area contributed by atoms with E-state index < -0.39 is 12.0 Å². The van der Waals surface area contributed by atoms with Crippen molar-refractivity contribution in [3.63, 3.8) is 0 Å². The standard InChI is InChI=1S/C18H17N3O4/c1-12(24-15-11-7-6-10-14(15)23-2)16(22)19-18-20-17(25-21-18)13-8-4-3-5-9-13/h3-12H,1-2H3,(H,19,21,22)/t12-/m0/s1. The molecule has 0 saturated carbocycles. The van der Waals surface area contributed by atoms with Crippen molar-refractivity contribution < 1.29 is 18.8 Å². The van der Waals surface area contributed by atoms with Crippen LogP contribution in [0.3, 0.4) is 0 Å². The van der Waals surface area contributed by atoms with Crippen LogP contribution < -0.4 is 14.8 Å². The minimum absolute atomic E-state index is 0.0827. The van der Waals surface area contributed by atoms with Crippen LogP contribution in [0.5, 0.6) is 11.5 Å². The van der Waals surface area contributed by atoms with Crippen LogP contribution in [0, 0.1) is 0 Å². The highest BCUT2D eigenvalue weighted by atomic mass is 16.5. The highest BCUT2D eigenvalue weighted by Crippen LogP contribution is 2.27. The number of carbonyl (C=O) groups excluding carboxylic acids is 1. The Labute approximate surface area is 144 Å². The van der Waals surface area contributed by atoms with Gasteiger partial charge in [0.15, 0.2) is 17.6 Å². The molecular weight excluding hydrogens is 322 g/mol. The van der Waals surface area contributed by atoms with Crippen molar-refractivity contribution in [3.05, 3.63) is 54.6 Å². The minimum atomic E-state index is -0.769. The Morgan fingerprint density at radius 3 is 2.48 bits per heavy atom. The van der Waals surface area contributed by atoms with Gasteiger partial charge in [0.25, 0.3) is 17.7 Å². The second kappa shape index (κ2) is 7.48. The lowest BCUT2D eigenvalue weighted by Crippen LogP contribution is -2.30. The summed E-state index contributed by atoms with van der Waals surface area (Å²) >= 11 is 0. The van der Waals surface area contributed by atoms with Gasteiger partial charge in [0.05, 0.1) is 7.11 Å². The molecule has 0 spiro atoms. The lowest BCUT2D eigenvalue weighted by atomic mass is 10.2. The molecule has 0 saturated heterocycles. The molecule has 7 heteroatoms. The third-order valence-corrected chi connectivity index (χ3v) is 3.42. The van der Waals surface area contributed by atoms with Gasteiger partial charge in [0.2, 0.25) is 0 Å². The molecule has 128 valence electrons. The highest BCUT2D eigenvalue weighted by molar-refractivity contribution is 5.92. The molecule has 3 rings (SSSR count). The first-order valence-electron chi connectivity index (χ1n) is 7.67. The van der Waals surface area contributed by atoms with Crippen molar-refractivity contribution in [2.24, 2.45) is 0 Å². The van der Waals surface area contributed by atoms with Crippen molar-refractivity contribution in [2.45, 2.75) is 13.0 Å². The molecule has 1 amide bonds. The molecule has 0 fully saturated rings. The van der Waals surface area contributed by atoms with Gasteiger partial charge in [-0.05, 0) is 36.3 Å². The Morgan fingerprint density at radius 1 is 1.08 bits per heavy atom. The van der Waals surface area contributed by atoms with Gasteiger partial charge in [0, 0.05) is 5.56 Å². The second-order valence-corrected chi connectivity index (χ2v) is 5.19. The van der Waals surface area contributed by atoms with Gasteiger partial charge in [-0.3, -0.25) is 10.1 Å². The molecule has 2 aromatic carbocycles. The maximum atomic E-state index is 12.3. The summed E-state index contributed by atoms with van der Waals surface area (Å²) in [6.07, 6.45) is -0.769. The van der Waals surface area contributed by atoms with E-state index in [-0.39, 0.29) is 5.95 Å². The number of nitrogens with zero attached hydrogens (tertiary/aromatic N) is 2. The van der Waals surface area contributed by atoms with E-state index in [4.69, 9.17) is 14.0 Å². The zero-order chi connectivity index (χ0) is 17.6. The molecule has 1 aromatic heterocycles. The smallest absolute Gasteiger partial charge is 0.270 e. The zero-order valence-corrected chi connectivity index (χ0v) is 13.8. The molecule has 1 atom stereocenters. The summed E-state index contributed by atoms with van der Waals surface area (Å²) in [5, 5.41) is 6.33. The summed E-state index contributed by atoms with van der Waals surface area (Å²) in [5.41, 5.74) is 0.772. The van der Waals surface area contributed by atoms with Crippen molar-refractivity contribution >= 4 is 11.9 Å². The number of rotatable bonds is 6. The molecule has 0 bridgehead atoms. The van der Waals surface area contributed by atoms with E-state index in [0.29, 0.717) is 17.4 Å². The van der Waals surface area contributed by atoms with Crippen molar-refractivity contribution in [3.8, 4) is 23.0 Å². The van der Waals surface area contributed by atoms with Crippen LogP contribution >= 0.6 is 0 Å². The normalized spacial score (nSPS) is 11.6. The maximum Gasteiger partial charge on any atom is 0.270 e. The van der Waals surface area contributed by atoms with Crippen LogP contribution in [-0.4, -0.2) is 29.3 Å². The number of hydrogen-bond donors (Lipinski definition) is 1. The van der Waals surface area contributed by atoms with Gasteiger partial charge in [-0.2, -0.15) is 4.98 Å². The Morgan fingerprint density at radius 2 is 1.76 bits per heavy atom. The molecular formula is C18H17N3O4. The average Bonchev–Trinajstić information content (AvgIpc) is 3.11. The quantitative estimate of drug-likeness (QED) is 0.742. The monoisotopic (exact) mass is 339 g/mol. The average molecular weight is 339 g/mol. The van der Waals surface area contributed by atoms with E-state index in [1.165, 1.54) is 7.11 Å². The number of nitrogens with one attached hydrogen (secondary N) is 1. The zero-order valence-electron chi connectivity index (χ0n) is 13.8. The van der Waals surface area contributed by atoms with Crippen molar-refractivity contribution in [1.82, 2.24) is 10.1 Å². The van der Waals surface area contributed by atoms with Gasteiger partial charge in [0.1, 0.15) is 0 Å². The summed E-state index contributed by atoms with van der Waals surface area (Å²) in [7, 11) is 1.54. The molecule has 1 N–H and O–H groups in total. The van der Waals surface area contributed by atoms with Crippen LogP contribution in [-0.2, 0) is 4.79 Å². The number of hydrogen-bond acceptors (Lipinski definition) is 6. The predicted octanol–water partition coefficient (Wildman–Crippen LogP) is 3.15. The first kappa shape index (κ1) is 16.5. The number of anilines is 1. The van der Waals surface area contributed by atoms with Gasteiger partial charge in [-0.1, -0.05) is 30.3 Å². The Kier molecular flexibility index (Phi) is 4.94. The lowest BCUT2D eigenvalue weighted by molar-refractivity contribution is -0.122. The molecule has 0 unspecified atom stereocenters. The van der Waals surface area contributed by atoms with E-state index in [2.05, 4.69) is 15.5 Å². The van der Waals surface area contributed by atoms with Crippen LogP contribution in [0.1, 0.15) is 6.92 Å². The Balaban J connectivity index is 1.65. The van der Waals surface area contributed by atoms with E-state index in [1.54, 1.807) is 25.1 Å². The number of aromatic nitrogens is 2. The topological polar surface area (TPSA) is 86.5 Å². The summed E-state index contributed by atoms with van der Waals surface area (Å²) in [6, 6.07) is 16.4. The van der Waals surface area contributed by atoms with E-state index in [0.717, 1.165) is 5.56 Å². The fraction of sp³-hybridized carbons (Fsp3) is 0.167. The number of methoxy groups -OCH3 is 1. The molecule has 0 aliphatic rings. The minimum Gasteiger partial charge on any atom is -0.493 e. The highest BCUT2D eigenvalue weighted by Gasteiger charge is 2.19. The van der Waals surface area contributed by atoms with Crippen LogP contribution in [0.2, 0.25) is 0 Å². The van der Waals surface area contributed by atoms with E-state index >= 15 is 0 Å². The van der Waals surface area contributed by atoms with Gasteiger partial charge < -0.3 is 14.0 Å². The Bertz CT molecular complexity index is 848. The van der Waals surface area contributed by atoms with E-state index in [9.17, 15) is 4.79 Å². The molecule has 0 radical (unpaired) electrons. The van der Waals surface area contributed by atoms with Crippen LogP contribution in [0.15, 0.2) is 59.1 Å². The molecule has 0 aliphatic heterocycles. The van der Waals surface area contributed by atoms with Crippen molar-refractivity contribution in [1.29, 1.82) is 0 Å². The van der Waals surface area contributed by atoms with Crippen LogP contribution in [0.25, 0.3) is 11.5 Å². The van der Waals surface area contributed by atoms with Crippen molar-refractivity contribution in [2.75, 3.05) is 12.4 Å². The summed E-state index contributed by atoms with van der Waals surface area (Å²) in [4.78, 5) is 16.4. The van der Waals surface area contributed by atoms with Gasteiger partial charge in [-0.15, -0.1) is 0 Å². The third kappa shape index (κ3) is 3.95. The number of carbonyl (C=O) groups is 1. The fourth-order valence-corrected chi connectivity index (χ4v) is 2.14. The summed E-state index contributed by atoms with van der Waals surface area (Å²) < 4.78 is 16.0. The van der Waals surface area contributed by atoms with Crippen LogP contribution in [0.4, 0.5) is 5.95 Å². The van der Waals surface area contributed by atoms with E-state index in [1.807, 2.05) is 36.4 Å². The molecule has 0 aliphatic carbocycles. The first-order valence-corrected chi connectivity index (χ1v) is 7.67. The maximum absolute atomic E-state index is 12.3. The first-order chi connectivity index (χ1) is 12.2. The SMILES string of the molecule is COc1ccccc1O[C@@H](C)C(=O)Nc1noc(-c2ccccc2)n1. The van der Waals surface area contributed by atoms with Gasteiger partial charge in [-0.25, -0.2) is 0 Å². The number of para-hydroxylation sites is 2. The number of ether oxygens (including phenoxy) is 2. The summed E-state index contributed by atoms with van der Waals surface area (Å²) in [5.74, 6) is 1.04. The molecule has 1 heterocycles. The Hall–Kier alpha value is -3.35. The number of benzene rings is 2. The molecule has 3 aromatic rings. The molecule has 25 heavy (non-hydrogen) atoms. The summed E-state index contributed by atoms with van der Waals surface area (Å²) in [6.45, 7) is 1.62. The number of amides is 1. The predicted molar refractivity (Wildman–Crippen MR) is 91.4 cm³/mol. The molecule has 7 nitrogen and oxygen atoms in total. The largest absolute Gasteiger partial charge is 0.493 e.